The molecule has 1 saturated carbocycles. The van der Waals surface area contributed by atoms with Crippen LogP contribution < -0.4 is 0 Å². The summed E-state index contributed by atoms with van der Waals surface area (Å²) < 4.78 is 0. The van der Waals surface area contributed by atoms with Crippen LogP contribution in [0.4, 0.5) is 0 Å². The van der Waals surface area contributed by atoms with Gasteiger partial charge in [-0.05, 0) is 31.4 Å². The topological polar surface area (TPSA) is 33.1 Å². The van der Waals surface area contributed by atoms with Gasteiger partial charge in [-0.2, -0.15) is 0 Å². The second-order valence-electron chi connectivity index (χ2n) is 3.69. The van der Waals surface area contributed by atoms with Crippen LogP contribution in [0.2, 0.25) is 0 Å². The summed E-state index contributed by atoms with van der Waals surface area (Å²) in [6.45, 7) is 3.99. The highest BCUT2D eigenvalue weighted by molar-refractivity contribution is 5.23. The Labute approximate surface area is 72.3 Å². The van der Waals surface area contributed by atoms with Gasteiger partial charge in [0.15, 0.2) is 0 Å². The summed E-state index contributed by atoms with van der Waals surface area (Å²) in [5.74, 6) is 0.367. The van der Waals surface area contributed by atoms with Crippen molar-refractivity contribution >= 4 is 0 Å². The van der Waals surface area contributed by atoms with Gasteiger partial charge in [-0.3, -0.25) is 4.98 Å². The van der Waals surface area contributed by atoms with Crippen LogP contribution in [0.25, 0.3) is 0 Å². The highest BCUT2D eigenvalue weighted by Crippen LogP contribution is 2.50. The zero-order chi connectivity index (χ0) is 8.77. The molecular weight excluding hydrogens is 150 g/mol. The second-order valence-corrected chi connectivity index (χ2v) is 3.69. The molecule has 0 amide bonds. The number of aliphatic hydroxyl groups is 1. The maximum absolute atomic E-state index is 9.93. The molecule has 0 radical (unpaired) electrons. The van der Waals surface area contributed by atoms with E-state index >= 15 is 0 Å². The van der Waals surface area contributed by atoms with E-state index in [2.05, 4.69) is 4.98 Å². The molecule has 1 fully saturated rings. The average Bonchev–Trinajstić information content (AvgIpc) is 2.61. The quantitative estimate of drug-likeness (QED) is 0.682. The molecule has 2 heteroatoms. The SMILES string of the molecule is Cc1cccc(C2(O)CC2C)n1. The molecule has 1 aromatic heterocycles. The van der Waals surface area contributed by atoms with E-state index in [9.17, 15) is 5.11 Å². The van der Waals surface area contributed by atoms with Crippen molar-refractivity contribution in [2.45, 2.75) is 25.9 Å². The van der Waals surface area contributed by atoms with Gasteiger partial charge in [-0.15, -0.1) is 0 Å². The normalized spacial score (nSPS) is 33.4. The zero-order valence-corrected chi connectivity index (χ0v) is 7.41. The summed E-state index contributed by atoms with van der Waals surface area (Å²) >= 11 is 0. The van der Waals surface area contributed by atoms with Gasteiger partial charge < -0.3 is 5.11 Å². The molecule has 0 saturated heterocycles. The van der Waals surface area contributed by atoms with Crippen molar-refractivity contribution in [3.8, 4) is 0 Å². The summed E-state index contributed by atoms with van der Waals surface area (Å²) in [6, 6.07) is 5.79. The molecular formula is C10H13NO. The first-order valence-electron chi connectivity index (χ1n) is 4.29. The minimum Gasteiger partial charge on any atom is -0.383 e. The van der Waals surface area contributed by atoms with Crippen LogP contribution in [0.5, 0.6) is 0 Å². The summed E-state index contributed by atoms with van der Waals surface area (Å²) in [6.07, 6.45) is 0.851. The molecule has 0 aliphatic heterocycles. The molecule has 2 unspecified atom stereocenters. The van der Waals surface area contributed by atoms with Crippen LogP contribution >= 0.6 is 0 Å². The fourth-order valence-electron chi connectivity index (χ4n) is 1.55. The average molecular weight is 163 g/mol. The van der Waals surface area contributed by atoms with E-state index < -0.39 is 5.60 Å². The first kappa shape index (κ1) is 7.74. The predicted octanol–water partition coefficient (Wildman–Crippen LogP) is 1.62. The third kappa shape index (κ3) is 1.03. The fourth-order valence-corrected chi connectivity index (χ4v) is 1.55. The summed E-state index contributed by atoms with van der Waals surface area (Å²) in [7, 11) is 0. The molecule has 0 aromatic carbocycles. The van der Waals surface area contributed by atoms with Gasteiger partial charge in [0.2, 0.25) is 0 Å². The Morgan fingerprint density at radius 2 is 2.25 bits per heavy atom. The van der Waals surface area contributed by atoms with E-state index in [-0.39, 0.29) is 0 Å². The van der Waals surface area contributed by atoms with Crippen molar-refractivity contribution in [2.24, 2.45) is 5.92 Å². The number of nitrogens with zero attached hydrogens (tertiary/aromatic N) is 1. The van der Waals surface area contributed by atoms with Crippen LogP contribution in [0.1, 0.15) is 24.7 Å². The molecule has 1 aliphatic rings. The lowest BCUT2D eigenvalue weighted by Crippen LogP contribution is -2.10. The highest BCUT2D eigenvalue weighted by atomic mass is 16.3. The Morgan fingerprint density at radius 1 is 1.58 bits per heavy atom. The molecule has 2 nitrogen and oxygen atoms in total. The molecule has 0 spiro atoms. The second kappa shape index (κ2) is 2.30. The number of pyridine rings is 1. The van der Waals surface area contributed by atoms with Crippen molar-refractivity contribution in [3.63, 3.8) is 0 Å². The maximum Gasteiger partial charge on any atom is 0.109 e. The number of hydrogen-bond donors (Lipinski definition) is 1. The van der Waals surface area contributed by atoms with Crippen molar-refractivity contribution in [1.29, 1.82) is 0 Å². The largest absolute Gasteiger partial charge is 0.383 e. The van der Waals surface area contributed by atoms with Crippen LogP contribution in [-0.4, -0.2) is 10.1 Å². The number of aryl methyl sites for hydroxylation is 1. The number of rotatable bonds is 1. The van der Waals surface area contributed by atoms with Crippen LogP contribution in [-0.2, 0) is 5.60 Å². The van der Waals surface area contributed by atoms with Crippen LogP contribution in [0.3, 0.4) is 0 Å². The van der Waals surface area contributed by atoms with E-state index in [1.54, 1.807) is 0 Å². The first-order valence-corrected chi connectivity index (χ1v) is 4.29. The molecule has 2 rings (SSSR count). The predicted molar refractivity (Wildman–Crippen MR) is 46.7 cm³/mol. The first-order chi connectivity index (χ1) is 5.63. The van der Waals surface area contributed by atoms with Crippen LogP contribution in [0, 0.1) is 12.8 Å². The molecule has 64 valence electrons. The van der Waals surface area contributed by atoms with Crippen molar-refractivity contribution in [2.75, 3.05) is 0 Å². The lowest BCUT2D eigenvalue weighted by molar-refractivity contribution is 0.129. The van der Waals surface area contributed by atoms with Gasteiger partial charge in [0, 0.05) is 5.69 Å². The van der Waals surface area contributed by atoms with E-state index in [1.807, 2.05) is 32.0 Å². The van der Waals surface area contributed by atoms with Gasteiger partial charge in [-0.1, -0.05) is 13.0 Å². The lowest BCUT2D eigenvalue weighted by atomic mass is 10.1. The smallest absolute Gasteiger partial charge is 0.109 e. The maximum atomic E-state index is 9.93. The number of aromatic nitrogens is 1. The van der Waals surface area contributed by atoms with Gasteiger partial charge in [0.25, 0.3) is 0 Å². The van der Waals surface area contributed by atoms with Gasteiger partial charge in [0.05, 0.1) is 5.69 Å². The third-order valence-electron chi connectivity index (χ3n) is 2.60. The third-order valence-corrected chi connectivity index (χ3v) is 2.60. The molecule has 1 aromatic rings. The standard InChI is InChI=1S/C10H13NO/c1-7-6-10(7,12)9-5-3-4-8(2)11-9/h3-5,7,12H,6H2,1-2H3. The van der Waals surface area contributed by atoms with Gasteiger partial charge in [-0.25, -0.2) is 0 Å². The molecule has 0 bridgehead atoms. The fraction of sp³-hybridized carbons (Fsp3) is 0.500. The van der Waals surface area contributed by atoms with Gasteiger partial charge >= 0.3 is 0 Å². The lowest BCUT2D eigenvalue weighted by Gasteiger charge is -2.08. The van der Waals surface area contributed by atoms with E-state index in [1.165, 1.54) is 0 Å². The van der Waals surface area contributed by atoms with Crippen molar-refractivity contribution in [3.05, 3.63) is 29.6 Å². The summed E-state index contributed by atoms with van der Waals surface area (Å²) in [4.78, 5) is 4.31. The Hall–Kier alpha value is -0.890. The van der Waals surface area contributed by atoms with E-state index in [0.717, 1.165) is 17.8 Å². The van der Waals surface area contributed by atoms with Crippen molar-refractivity contribution in [1.82, 2.24) is 4.98 Å². The monoisotopic (exact) mass is 163 g/mol. The minimum absolute atomic E-state index is 0.367. The molecule has 1 aliphatic carbocycles. The van der Waals surface area contributed by atoms with Crippen LogP contribution in [0.15, 0.2) is 18.2 Å². The Morgan fingerprint density at radius 3 is 2.75 bits per heavy atom. The molecule has 1 N–H and O–H groups in total. The molecule has 12 heavy (non-hydrogen) atoms. The summed E-state index contributed by atoms with van der Waals surface area (Å²) in [5, 5.41) is 9.93. The minimum atomic E-state index is -0.619. The molecule has 1 heterocycles. The Balaban J connectivity index is 2.36. The molecule has 2 atom stereocenters. The highest BCUT2D eigenvalue weighted by Gasteiger charge is 2.52. The zero-order valence-electron chi connectivity index (χ0n) is 7.41. The van der Waals surface area contributed by atoms with Gasteiger partial charge in [0.1, 0.15) is 5.60 Å². The van der Waals surface area contributed by atoms with E-state index in [0.29, 0.717) is 5.92 Å². The Kier molecular flexibility index (Phi) is 1.48. The Bertz CT molecular complexity index is 310. The summed E-state index contributed by atoms with van der Waals surface area (Å²) in [5.41, 5.74) is 1.18. The van der Waals surface area contributed by atoms with Crippen molar-refractivity contribution < 1.29 is 5.11 Å². The number of hydrogen-bond acceptors (Lipinski definition) is 2. The van der Waals surface area contributed by atoms with E-state index in [4.69, 9.17) is 0 Å².